The van der Waals surface area contributed by atoms with Crippen molar-refractivity contribution in [3.8, 4) is 0 Å². The summed E-state index contributed by atoms with van der Waals surface area (Å²) in [6, 6.07) is 1.79. The number of carbonyl (C=O) groups is 1. The highest BCUT2D eigenvalue weighted by molar-refractivity contribution is 5.99. The van der Waals surface area contributed by atoms with Crippen LogP contribution in [0.3, 0.4) is 0 Å². The molecule has 4 heterocycles. The number of hydrogen-bond acceptors (Lipinski definition) is 5. The van der Waals surface area contributed by atoms with E-state index in [1.54, 1.807) is 28.9 Å². The minimum Gasteiger partial charge on any atom is -0.370 e. The monoisotopic (exact) mass is 435 g/mol. The average molecular weight is 435 g/mol. The summed E-state index contributed by atoms with van der Waals surface area (Å²) in [5.74, 6) is -1.03. The van der Waals surface area contributed by atoms with Gasteiger partial charge in [0.2, 0.25) is 0 Å². The second-order valence-electron chi connectivity index (χ2n) is 8.71. The standard InChI is InChI=1S/C21H24F3N5O2/c1-27-10-16-15(20(27)30)7-18(26-19(16)12-5-14(6-12)21(22,23)24)29-3-4-31-17(11-29)13-8-25-28(2)9-13/h7-9,12,14,17H,3-6,10-11H2,1-2H3/t12?,14?,17-/m0/s1. The van der Waals surface area contributed by atoms with Gasteiger partial charge in [0.15, 0.2) is 0 Å². The predicted octanol–water partition coefficient (Wildman–Crippen LogP) is 3.03. The van der Waals surface area contributed by atoms with E-state index < -0.39 is 12.1 Å². The number of hydrogen-bond donors (Lipinski definition) is 0. The molecule has 0 aromatic carbocycles. The third kappa shape index (κ3) is 3.56. The number of aromatic nitrogens is 3. The Hall–Kier alpha value is -2.62. The molecule has 1 saturated carbocycles. The van der Waals surface area contributed by atoms with Gasteiger partial charge in [-0.15, -0.1) is 0 Å². The molecular weight excluding hydrogens is 411 g/mol. The van der Waals surface area contributed by atoms with Gasteiger partial charge in [-0.2, -0.15) is 18.3 Å². The van der Waals surface area contributed by atoms with E-state index in [2.05, 4.69) is 10.00 Å². The topological polar surface area (TPSA) is 63.5 Å². The van der Waals surface area contributed by atoms with E-state index >= 15 is 0 Å². The van der Waals surface area contributed by atoms with E-state index in [0.29, 0.717) is 43.3 Å². The number of halogens is 3. The lowest BCUT2D eigenvalue weighted by molar-refractivity contribution is -0.197. The summed E-state index contributed by atoms with van der Waals surface area (Å²) in [5.41, 5.74) is 2.94. The van der Waals surface area contributed by atoms with E-state index in [1.165, 1.54) is 0 Å². The molecule has 5 rings (SSSR count). The van der Waals surface area contributed by atoms with Gasteiger partial charge in [0.05, 0.1) is 30.0 Å². The minimum atomic E-state index is -4.18. The molecule has 0 N–H and O–H groups in total. The number of morpholine rings is 1. The van der Waals surface area contributed by atoms with E-state index in [1.807, 2.05) is 13.2 Å². The summed E-state index contributed by atoms with van der Waals surface area (Å²) in [7, 11) is 3.55. The Kier molecular flexibility index (Phi) is 4.72. The number of aryl methyl sites for hydroxylation is 1. The fourth-order valence-corrected chi connectivity index (χ4v) is 4.72. The lowest BCUT2D eigenvalue weighted by atomic mass is 9.71. The molecule has 1 atom stereocenters. The Morgan fingerprint density at radius 2 is 2.00 bits per heavy atom. The summed E-state index contributed by atoms with van der Waals surface area (Å²) < 4.78 is 46.8. The van der Waals surface area contributed by atoms with Crippen molar-refractivity contribution in [2.45, 2.75) is 37.6 Å². The van der Waals surface area contributed by atoms with Crippen LogP contribution in [0.4, 0.5) is 19.0 Å². The van der Waals surface area contributed by atoms with Gasteiger partial charge >= 0.3 is 6.18 Å². The van der Waals surface area contributed by atoms with Gasteiger partial charge in [0, 0.05) is 57.0 Å². The number of amides is 1. The number of alkyl halides is 3. The molecule has 7 nitrogen and oxygen atoms in total. The van der Waals surface area contributed by atoms with Gasteiger partial charge in [0.1, 0.15) is 11.9 Å². The smallest absolute Gasteiger partial charge is 0.370 e. The van der Waals surface area contributed by atoms with Crippen molar-refractivity contribution in [2.24, 2.45) is 13.0 Å². The lowest BCUT2D eigenvalue weighted by Gasteiger charge is -2.38. The van der Waals surface area contributed by atoms with Crippen LogP contribution in [-0.2, 0) is 18.3 Å². The molecule has 1 amide bonds. The second kappa shape index (κ2) is 7.22. The summed E-state index contributed by atoms with van der Waals surface area (Å²) >= 11 is 0. The van der Waals surface area contributed by atoms with Crippen LogP contribution >= 0.6 is 0 Å². The molecular formula is C21H24F3N5O2. The summed E-state index contributed by atoms with van der Waals surface area (Å²) in [4.78, 5) is 21.1. The molecule has 31 heavy (non-hydrogen) atoms. The molecule has 2 aliphatic heterocycles. The highest BCUT2D eigenvalue weighted by Crippen LogP contribution is 2.51. The first-order valence-electron chi connectivity index (χ1n) is 10.4. The number of ether oxygens (including phenoxy) is 1. The third-order valence-corrected chi connectivity index (χ3v) is 6.59. The van der Waals surface area contributed by atoms with Crippen LogP contribution in [0.25, 0.3) is 0 Å². The van der Waals surface area contributed by atoms with Crippen LogP contribution in [0.2, 0.25) is 0 Å². The van der Waals surface area contributed by atoms with Crippen molar-refractivity contribution >= 4 is 11.7 Å². The van der Waals surface area contributed by atoms with Crippen LogP contribution in [0.5, 0.6) is 0 Å². The van der Waals surface area contributed by atoms with E-state index in [-0.39, 0.29) is 30.8 Å². The van der Waals surface area contributed by atoms with Gasteiger partial charge in [-0.1, -0.05) is 0 Å². The molecule has 10 heteroatoms. The first-order valence-corrected chi connectivity index (χ1v) is 10.4. The normalized spacial score (nSPS) is 26.2. The average Bonchev–Trinajstić information content (AvgIpc) is 3.24. The van der Waals surface area contributed by atoms with E-state index in [4.69, 9.17) is 9.72 Å². The predicted molar refractivity (Wildman–Crippen MR) is 106 cm³/mol. The van der Waals surface area contributed by atoms with E-state index in [9.17, 15) is 18.0 Å². The van der Waals surface area contributed by atoms with Gasteiger partial charge in [-0.05, 0) is 18.9 Å². The van der Waals surface area contributed by atoms with Gasteiger partial charge in [-0.25, -0.2) is 4.98 Å². The molecule has 2 fully saturated rings. The Balaban J connectivity index is 1.45. The molecule has 1 aliphatic carbocycles. The van der Waals surface area contributed by atoms with Crippen LogP contribution < -0.4 is 4.90 Å². The third-order valence-electron chi connectivity index (χ3n) is 6.59. The summed E-state index contributed by atoms with van der Waals surface area (Å²) in [6.07, 6.45) is -0.625. The van der Waals surface area contributed by atoms with Crippen molar-refractivity contribution in [1.29, 1.82) is 0 Å². The molecule has 0 spiro atoms. The molecule has 3 aliphatic rings. The van der Waals surface area contributed by atoms with Crippen molar-refractivity contribution in [2.75, 3.05) is 31.6 Å². The number of rotatable bonds is 3. The molecule has 2 aromatic rings. The van der Waals surface area contributed by atoms with Crippen molar-refractivity contribution in [3.05, 3.63) is 40.8 Å². The quantitative estimate of drug-likeness (QED) is 0.742. The Morgan fingerprint density at radius 1 is 1.23 bits per heavy atom. The van der Waals surface area contributed by atoms with Gasteiger partial charge in [0.25, 0.3) is 5.91 Å². The van der Waals surface area contributed by atoms with Crippen molar-refractivity contribution in [1.82, 2.24) is 19.7 Å². The minimum absolute atomic E-state index is 0.0335. The highest BCUT2D eigenvalue weighted by atomic mass is 19.4. The lowest BCUT2D eigenvalue weighted by Crippen LogP contribution is -2.39. The zero-order chi connectivity index (χ0) is 21.9. The first kappa shape index (κ1) is 20.3. The zero-order valence-electron chi connectivity index (χ0n) is 17.4. The second-order valence-corrected chi connectivity index (χ2v) is 8.71. The molecule has 166 valence electrons. The molecule has 0 unspecified atom stereocenters. The van der Waals surface area contributed by atoms with Crippen molar-refractivity contribution in [3.63, 3.8) is 0 Å². The molecule has 2 aromatic heterocycles. The highest BCUT2D eigenvalue weighted by Gasteiger charge is 2.49. The fraction of sp³-hybridized carbons (Fsp3) is 0.571. The zero-order valence-corrected chi connectivity index (χ0v) is 17.4. The van der Waals surface area contributed by atoms with Crippen LogP contribution in [0, 0.1) is 5.92 Å². The fourth-order valence-electron chi connectivity index (χ4n) is 4.72. The number of nitrogens with zero attached hydrogens (tertiary/aromatic N) is 5. The Morgan fingerprint density at radius 3 is 2.68 bits per heavy atom. The maximum absolute atomic E-state index is 13.1. The van der Waals surface area contributed by atoms with Gasteiger partial charge < -0.3 is 14.5 Å². The maximum Gasteiger partial charge on any atom is 0.391 e. The van der Waals surface area contributed by atoms with Gasteiger partial charge in [-0.3, -0.25) is 9.48 Å². The SMILES string of the molecule is CN1Cc2c(cc(N3CCO[C@H](c4cnn(C)c4)C3)nc2C2CC(C(F)(F)F)C2)C1=O. The van der Waals surface area contributed by atoms with Crippen LogP contribution in [0.15, 0.2) is 18.5 Å². The van der Waals surface area contributed by atoms with Crippen LogP contribution in [-0.4, -0.2) is 58.5 Å². The van der Waals surface area contributed by atoms with E-state index in [0.717, 1.165) is 11.1 Å². The van der Waals surface area contributed by atoms with Crippen LogP contribution in [0.1, 0.15) is 52.0 Å². The maximum atomic E-state index is 13.1. The number of anilines is 1. The number of pyridine rings is 1. The largest absolute Gasteiger partial charge is 0.391 e. The van der Waals surface area contributed by atoms with Crippen molar-refractivity contribution < 1.29 is 22.7 Å². The summed E-state index contributed by atoms with van der Waals surface area (Å²) in [6.45, 7) is 2.02. The number of fused-ring (bicyclic) bond motifs is 1. The number of carbonyl (C=O) groups excluding carboxylic acids is 1. The first-order chi connectivity index (χ1) is 14.7. The molecule has 0 bridgehead atoms. The summed E-state index contributed by atoms with van der Waals surface area (Å²) in [5, 5.41) is 4.20. The Labute approximate surface area is 177 Å². The Bertz CT molecular complexity index is 1010. The molecule has 0 radical (unpaired) electrons. The molecule has 1 saturated heterocycles.